The Hall–Kier alpha value is -0.570. The molecule has 0 saturated carbocycles. The largest absolute Gasteiger partial charge is 0.356 e. The van der Waals surface area contributed by atoms with Gasteiger partial charge in [-0.15, -0.1) is 0 Å². The Morgan fingerprint density at radius 1 is 1.50 bits per heavy atom. The fourth-order valence-electron chi connectivity index (χ4n) is 1.76. The van der Waals surface area contributed by atoms with E-state index in [0.29, 0.717) is 18.4 Å². The van der Waals surface area contributed by atoms with Crippen LogP contribution in [0.1, 0.15) is 47.0 Å². The van der Waals surface area contributed by atoms with Gasteiger partial charge < -0.3 is 10.6 Å². The van der Waals surface area contributed by atoms with E-state index in [4.69, 9.17) is 0 Å². The van der Waals surface area contributed by atoms with Crippen LogP contribution >= 0.6 is 0 Å². The summed E-state index contributed by atoms with van der Waals surface area (Å²) in [7, 11) is 0. The molecule has 0 radical (unpaired) electrons. The van der Waals surface area contributed by atoms with Gasteiger partial charge >= 0.3 is 0 Å². The summed E-state index contributed by atoms with van der Waals surface area (Å²) in [6.45, 7) is 10.6. The number of carbonyl (C=O) groups excluding carboxylic acids is 1. The molecule has 1 amide bonds. The summed E-state index contributed by atoms with van der Waals surface area (Å²) >= 11 is 0. The normalized spacial score (nSPS) is 21.4. The molecule has 1 aliphatic heterocycles. The minimum Gasteiger partial charge on any atom is -0.356 e. The van der Waals surface area contributed by atoms with Gasteiger partial charge in [0.2, 0.25) is 5.91 Å². The van der Waals surface area contributed by atoms with Crippen LogP contribution in [-0.4, -0.2) is 25.0 Å². The van der Waals surface area contributed by atoms with Crippen LogP contribution in [0.25, 0.3) is 0 Å². The highest BCUT2D eigenvalue weighted by Gasteiger charge is 2.24. The Kier molecular flexibility index (Phi) is 4.78. The van der Waals surface area contributed by atoms with E-state index in [1.807, 2.05) is 0 Å². The molecular formula is C13H26N2O. The third-order valence-corrected chi connectivity index (χ3v) is 3.90. The molecular weight excluding hydrogens is 200 g/mol. The molecule has 3 nitrogen and oxygen atoms in total. The van der Waals surface area contributed by atoms with Crippen molar-refractivity contribution in [2.24, 2.45) is 11.3 Å². The van der Waals surface area contributed by atoms with E-state index >= 15 is 0 Å². The maximum Gasteiger partial charge on any atom is 0.221 e. The van der Waals surface area contributed by atoms with Crippen LogP contribution in [0.5, 0.6) is 0 Å². The first kappa shape index (κ1) is 13.5. The minimum absolute atomic E-state index is 0.179. The van der Waals surface area contributed by atoms with E-state index in [1.54, 1.807) is 0 Å². The van der Waals surface area contributed by atoms with Crippen molar-refractivity contribution in [1.82, 2.24) is 10.6 Å². The molecule has 0 spiro atoms. The highest BCUT2D eigenvalue weighted by Crippen LogP contribution is 2.24. The highest BCUT2D eigenvalue weighted by atomic mass is 16.1. The van der Waals surface area contributed by atoms with Crippen molar-refractivity contribution in [2.75, 3.05) is 13.1 Å². The Morgan fingerprint density at radius 2 is 2.19 bits per heavy atom. The number of nitrogens with one attached hydrogen (secondary N) is 2. The predicted octanol–water partition coefficient (Wildman–Crippen LogP) is 1.93. The summed E-state index contributed by atoms with van der Waals surface area (Å²) in [5, 5.41) is 6.40. The smallest absolute Gasteiger partial charge is 0.221 e. The molecule has 1 fully saturated rings. The molecule has 1 atom stereocenters. The summed E-state index contributed by atoms with van der Waals surface area (Å²) in [4.78, 5) is 11.7. The van der Waals surface area contributed by atoms with Crippen molar-refractivity contribution < 1.29 is 4.79 Å². The topological polar surface area (TPSA) is 41.1 Å². The molecule has 0 bridgehead atoms. The maximum absolute atomic E-state index is 11.7. The molecule has 0 aromatic rings. The average molecular weight is 226 g/mol. The molecule has 1 aliphatic rings. The van der Waals surface area contributed by atoms with Gasteiger partial charge in [0.25, 0.3) is 0 Å². The Balaban J connectivity index is 2.24. The molecule has 1 rings (SSSR count). The standard InChI is InChI=1S/C13H26N2O/c1-10(2)13(3,4)9-15-12(16)8-11-6-5-7-14-11/h10-11,14H,5-9H2,1-4H3,(H,15,16). The van der Waals surface area contributed by atoms with Gasteiger partial charge in [-0.05, 0) is 30.7 Å². The van der Waals surface area contributed by atoms with Gasteiger partial charge in [-0.2, -0.15) is 0 Å². The zero-order valence-corrected chi connectivity index (χ0v) is 11.1. The Labute approximate surface area is 99.4 Å². The van der Waals surface area contributed by atoms with Crippen LogP contribution in [0.4, 0.5) is 0 Å². The van der Waals surface area contributed by atoms with Gasteiger partial charge in [0.15, 0.2) is 0 Å². The molecule has 0 aliphatic carbocycles. The number of rotatable bonds is 5. The average Bonchev–Trinajstić information content (AvgIpc) is 2.67. The lowest BCUT2D eigenvalue weighted by Crippen LogP contribution is -2.39. The summed E-state index contributed by atoms with van der Waals surface area (Å²) in [6, 6.07) is 0.405. The first-order valence-corrected chi connectivity index (χ1v) is 6.42. The number of carbonyl (C=O) groups is 1. The fourth-order valence-corrected chi connectivity index (χ4v) is 1.76. The summed E-state index contributed by atoms with van der Waals surface area (Å²) < 4.78 is 0. The van der Waals surface area contributed by atoms with Crippen LogP contribution in [0.2, 0.25) is 0 Å². The summed E-state index contributed by atoms with van der Waals surface area (Å²) in [5.41, 5.74) is 0.179. The van der Waals surface area contributed by atoms with Gasteiger partial charge in [0.05, 0.1) is 0 Å². The van der Waals surface area contributed by atoms with E-state index in [0.717, 1.165) is 19.5 Å². The molecule has 0 aromatic carbocycles. The summed E-state index contributed by atoms with van der Waals surface area (Å²) in [6.07, 6.45) is 2.98. The first-order chi connectivity index (χ1) is 7.42. The van der Waals surface area contributed by atoms with E-state index in [2.05, 4.69) is 38.3 Å². The third-order valence-electron chi connectivity index (χ3n) is 3.90. The molecule has 16 heavy (non-hydrogen) atoms. The van der Waals surface area contributed by atoms with E-state index < -0.39 is 0 Å². The van der Waals surface area contributed by atoms with Crippen molar-refractivity contribution in [1.29, 1.82) is 0 Å². The SMILES string of the molecule is CC(C)C(C)(C)CNC(=O)CC1CCCN1. The third kappa shape index (κ3) is 4.12. The second kappa shape index (κ2) is 5.67. The molecule has 0 aromatic heterocycles. The van der Waals surface area contributed by atoms with E-state index in [9.17, 15) is 4.79 Å². The lowest BCUT2D eigenvalue weighted by Gasteiger charge is -2.29. The van der Waals surface area contributed by atoms with Crippen molar-refractivity contribution >= 4 is 5.91 Å². The van der Waals surface area contributed by atoms with Crippen molar-refractivity contribution in [3.63, 3.8) is 0 Å². The lowest BCUT2D eigenvalue weighted by molar-refractivity contribution is -0.122. The van der Waals surface area contributed by atoms with Crippen molar-refractivity contribution in [3.8, 4) is 0 Å². The first-order valence-electron chi connectivity index (χ1n) is 6.42. The van der Waals surface area contributed by atoms with Crippen LogP contribution in [0.3, 0.4) is 0 Å². The number of hydrogen-bond donors (Lipinski definition) is 2. The van der Waals surface area contributed by atoms with E-state index in [1.165, 1.54) is 6.42 Å². The second-order valence-electron chi connectivity index (χ2n) is 5.92. The van der Waals surface area contributed by atoms with Crippen molar-refractivity contribution in [2.45, 2.75) is 53.0 Å². The Bertz CT molecular complexity index is 230. The highest BCUT2D eigenvalue weighted by molar-refractivity contribution is 5.76. The summed E-state index contributed by atoms with van der Waals surface area (Å²) in [5.74, 6) is 0.769. The van der Waals surface area contributed by atoms with Gasteiger partial charge in [0, 0.05) is 19.0 Å². The molecule has 3 heteroatoms. The van der Waals surface area contributed by atoms with Gasteiger partial charge in [-0.3, -0.25) is 4.79 Å². The van der Waals surface area contributed by atoms with Gasteiger partial charge in [-0.25, -0.2) is 0 Å². The monoisotopic (exact) mass is 226 g/mol. The molecule has 94 valence electrons. The van der Waals surface area contributed by atoms with Crippen LogP contribution in [-0.2, 0) is 4.79 Å². The predicted molar refractivity (Wildman–Crippen MR) is 67.3 cm³/mol. The molecule has 1 unspecified atom stereocenters. The minimum atomic E-state index is 0.179. The maximum atomic E-state index is 11.7. The molecule has 2 N–H and O–H groups in total. The van der Waals surface area contributed by atoms with Crippen molar-refractivity contribution in [3.05, 3.63) is 0 Å². The van der Waals surface area contributed by atoms with Crippen LogP contribution < -0.4 is 10.6 Å². The fraction of sp³-hybridized carbons (Fsp3) is 0.923. The van der Waals surface area contributed by atoms with E-state index in [-0.39, 0.29) is 11.3 Å². The zero-order chi connectivity index (χ0) is 12.2. The Morgan fingerprint density at radius 3 is 2.69 bits per heavy atom. The quantitative estimate of drug-likeness (QED) is 0.752. The second-order valence-corrected chi connectivity index (χ2v) is 5.92. The molecule has 1 heterocycles. The zero-order valence-electron chi connectivity index (χ0n) is 11.1. The van der Waals surface area contributed by atoms with Gasteiger partial charge in [-0.1, -0.05) is 27.7 Å². The number of amides is 1. The van der Waals surface area contributed by atoms with Crippen LogP contribution in [0, 0.1) is 11.3 Å². The van der Waals surface area contributed by atoms with Gasteiger partial charge in [0.1, 0.15) is 0 Å². The lowest BCUT2D eigenvalue weighted by atomic mass is 9.81. The molecule has 1 saturated heterocycles. The van der Waals surface area contributed by atoms with Crippen LogP contribution in [0.15, 0.2) is 0 Å². The number of hydrogen-bond acceptors (Lipinski definition) is 2.